The maximum Gasteiger partial charge on any atom is 0.343 e. The SMILES string of the molecule is CC[C@@]1(O)C(=O)OCc2c1cc1n(c2=O)Cc2c-1nc1ccccc1c2C=Nc1ccccc1NC1c2cc3c(cc2C(c2cc(OC)c(O)c(OC)c2)C2C(=O)OCC12)OCO3. The van der Waals surface area contributed by atoms with Crippen LogP contribution >= 0.6 is 0 Å². The van der Waals surface area contributed by atoms with Crippen LogP contribution in [-0.4, -0.2) is 65.5 Å². The van der Waals surface area contributed by atoms with Crippen LogP contribution in [0.3, 0.4) is 0 Å². The van der Waals surface area contributed by atoms with Crippen molar-refractivity contribution in [2.75, 3.05) is 32.9 Å². The van der Waals surface area contributed by atoms with Crippen molar-refractivity contribution < 1.29 is 48.2 Å². The molecule has 5 aliphatic rings. The molecule has 2 aromatic heterocycles. The number of aromatic nitrogens is 2. The smallest absolute Gasteiger partial charge is 0.343 e. The number of anilines is 1. The van der Waals surface area contributed by atoms with Gasteiger partial charge in [-0.2, -0.15) is 0 Å². The largest absolute Gasteiger partial charge is 0.502 e. The summed E-state index contributed by atoms with van der Waals surface area (Å²) in [6, 6.07) is 23.9. The number of methoxy groups -OCH3 is 2. The number of hydrogen-bond donors (Lipinski definition) is 3. The zero-order valence-electron chi connectivity index (χ0n) is 34.3. The minimum absolute atomic E-state index is 0.0378. The van der Waals surface area contributed by atoms with Crippen molar-refractivity contribution >= 4 is 40.4 Å². The Labute approximate surface area is 359 Å². The highest BCUT2D eigenvalue weighted by Crippen LogP contribution is 2.56. The number of rotatable bonds is 8. The number of cyclic esters (lactones) is 2. The molecule has 1 aliphatic carbocycles. The predicted molar refractivity (Wildman–Crippen MR) is 228 cm³/mol. The molecule has 11 rings (SSSR count). The van der Waals surface area contributed by atoms with Gasteiger partial charge in [0, 0.05) is 40.1 Å². The Morgan fingerprint density at radius 3 is 2.41 bits per heavy atom. The van der Waals surface area contributed by atoms with Crippen LogP contribution in [0.1, 0.15) is 64.2 Å². The van der Waals surface area contributed by atoms with Crippen molar-refractivity contribution in [3.05, 3.63) is 128 Å². The van der Waals surface area contributed by atoms with Crippen LogP contribution in [-0.2, 0) is 37.8 Å². The number of phenolic OH excluding ortho intramolecular Hbond substituents is 1. The number of benzene rings is 4. The molecule has 0 radical (unpaired) electrons. The second kappa shape index (κ2) is 14.3. The van der Waals surface area contributed by atoms with Crippen LogP contribution in [0.5, 0.6) is 28.7 Å². The summed E-state index contributed by atoms with van der Waals surface area (Å²) in [5, 5.41) is 26.8. The number of ether oxygens (including phenoxy) is 6. The third-order valence-corrected chi connectivity index (χ3v) is 13.2. The summed E-state index contributed by atoms with van der Waals surface area (Å²) in [5.74, 6) is -1.24. The first-order chi connectivity index (χ1) is 30.6. The van der Waals surface area contributed by atoms with Gasteiger partial charge in [-0.3, -0.25) is 14.6 Å². The molecular weight excluding hydrogens is 809 g/mol. The van der Waals surface area contributed by atoms with Crippen molar-refractivity contribution in [1.82, 2.24) is 9.55 Å². The van der Waals surface area contributed by atoms with Crippen LogP contribution in [0.15, 0.2) is 88.6 Å². The number of nitrogens with one attached hydrogen (secondary N) is 1. The molecule has 0 saturated carbocycles. The number of para-hydroxylation sites is 3. The van der Waals surface area contributed by atoms with Gasteiger partial charge in [0.1, 0.15) is 6.61 Å². The lowest BCUT2D eigenvalue weighted by atomic mass is 9.65. The summed E-state index contributed by atoms with van der Waals surface area (Å²) in [7, 11) is 2.92. The fourth-order valence-electron chi connectivity index (χ4n) is 10.1. The molecule has 4 aliphatic heterocycles. The number of esters is 2. The zero-order valence-corrected chi connectivity index (χ0v) is 34.3. The number of phenols is 1. The second-order valence-corrected chi connectivity index (χ2v) is 16.3. The van der Waals surface area contributed by atoms with E-state index in [4.69, 9.17) is 38.4 Å². The van der Waals surface area contributed by atoms with Gasteiger partial charge in [-0.05, 0) is 71.6 Å². The minimum Gasteiger partial charge on any atom is -0.502 e. The summed E-state index contributed by atoms with van der Waals surface area (Å²) >= 11 is 0. The molecule has 318 valence electrons. The molecule has 4 aromatic carbocycles. The van der Waals surface area contributed by atoms with E-state index in [0.717, 1.165) is 27.6 Å². The number of carbonyl (C=O) groups is 2. The Hall–Kier alpha value is -7.39. The summed E-state index contributed by atoms with van der Waals surface area (Å²) < 4.78 is 35.6. The number of nitrogens with zero attached hydrogens (tertiary/aromatic N) is 3. The van der Waals surface area contributed by atoms with E-state index in [0.29, 0.717) is 45.3 Å². The maximum atomic E-state index is 14.0. The quantitative estimate of drug-likeness (QED) is 0.113. The number of carbonyl (C=O) groups excluding carboxylic acids is 2. The molecule has 5 atom stereocenters. The maximum absolute atomic E-state index is 14.0. The van der Waals surface area contributed by atoms with Gasteiger partial charge < -0.3 is 48.5 Å². The third-order valence-electron chi connectivity index (χ3n) is 13.2. The first kappa shape index (κ1) is 38.5. The van der Waals surface area contributed by atoms with E-state index in [-0.39, 0.29) is 78.8 Å². The molecule has 0 bridgehead atoms. The monoisotopic (exact) mass is 848 g/mol. The van der Waals surface area contributed by atoms with Gasteiger partial charge in [-0.15, -0.1) is 0 Å². The van der Waals surface area contributed by atoms with Crippen LogP contribution in [0.4, 0.5) is 11.4 Å². The number of hydrogen-bond acceptors (Lipinski definition) is 14. The van der Waals surface area contributed by atoms with Gasteiger partial charge in [0.05, 0.1) is 73.2 Å². The number of fused-ring (bicyclic) bond motifs is 8. The minimum atomic E-state index is -1.95. The van der Waals surface area contributed by atoms with E-state index in [1.165, 1.54) is 14.2 Å². The second-order valence-electron chi connectivity index (χ2n) is 16.3. The van der Waals surface area contributed by atoms with Gasteiger partial charge in [0.2, 0.25) is 12.5 Å². The molecule has 63 heavy (non-hydrogen) atoms. The summed E-state index contributed by atoms with van der Waals surface area (Å²) in [6.07, 6.45) is 1.82. The standard InChI is InChI=1S/C48H40N4O11/c1-4-48(57)31-17-35-43-28(19-52(35)45(54)29(31)20-61-47(48)56)27(24-9-5-6-10-32(24)50-43)18-49-33-11-7-8-12-34(33)51-42-26-16-37-36(62-22-63-37)15-25(26)40(41-30(42)21-60-46(41)55)23-13-38(58-2)44(53)39(14-23)59-3/h5-18,30,40-42,51,53,57H,4,19-22H2,1-3H3/t30?,40?,41?,42?,48-/m0/s1. The molecular formula is C48H40N4O11. The van der Waals surface area contributed by atoms with Crippen LogP contribution in [0.2, 0.25) is 0 Å². The Morgan fingerprint density at radius 2 is 1.65 bits per heavy atom. The van der Waals surface area contributed by atoms with Crippen molar-refractivity contribution in [2.24, 2.45) is 16.8 Å². The van der Waals surface area contributed by atoms with Gasteiger partial charge in [0.15, 0.2) is 28.6 Å². The molecule has 1 fully saturated rings. The molecule has 3 N–H and O–H groups in total. The molecule has 1 saturated heterocycles. The highest BCUT2D eigenvalue weighted by atomic mass is 16.7. The molecule has 0 spiro atoms. The lowest BCUT2D eigenvalue weighted by Crippen LogP contribution is -2.44. The van der Waals surface area contributed by atoms with Gasteiger partial charge in [0.25, 0.3) is 5.56 Å². The fraction of sp³-hybridized carbons (Fsp3) is 0.271. The molecule has 6 aromatic rings. The van der Waals surface area contributed by atoms with Crippen molar-refractivity contribution in [2.45, 2.75) is 44.1 Å². The Morgan fingerprint density at radius 1 is 0.921 bits per heavy atom. The highest BCUT2D eigenvalue weighted by Gasteiger charge is 2.53. The molecule has 15 heteroatoms. The summed E-state index contributed by atoms with van der Waals surface area (Å²) in [4.78, 5) is 50.8. The molecule has 6 heterocycles. The normalized spacial score (nSPS) is 22.5. The first-order valence-corrected chi connectivity index (χ1v) is 20.6. The van der Waals surface area contributed by atoms with Crippen LogP contribution in [0.25, 0.3) is 22.3 Å². The van der Waals surface area contributed by atoms with Gasteiger partial charge in [-0.1, -0.05) is 37.3 Å². The number of aromatic hydroxyl groups is 1. The highest BCUT2D eigenvalue weighted by molar-refractivity contribution is 6.03. The van der Waals surface area contributed by atoms with Gasteiger partial charge in [-0.25, -0.2) is 9.78 Å². The third kappa shape index (κ3) is 5.72. The average Bonchev–Trinajstić information content (AvgIpc) is 4.03. The van der Waals surface area contributed by atoms with Gasteiger partial charge >= 0.3 is 11.9 Å². The Bertz CT molecular complexity index is 3030. The van der Waals surface area contributed by atoms with Crippen molar-refractivity contribution in [1.29, 1.82) is 0 Å². The summed E-state index contributed by atoms with van der Waals surface area (Å²) in [5.41, 5.74) is 5.15. The molecule has 0 amide bonds. The number of aliphatic hydroxyl groups is 1. The van der Waals surface area contributed by atoms with E-state index in [9.17, 15) is 24.6 Å². The first-order valence-electron chi connectivity index (χ1n) is 20.6. The Balaban J connectivity index is 1.01. The Kier molecular flexibility index (Phi) is 8.77. The van der Waals surface area contributed by atoms with E-state index in [1.807, 2.05) is 60.7 Å². The lowest BCUT2D eigenvalue weighted by Gasteiger charge is -2.40. The molecule has 4 unspecified atom stereocenters. The topological polar surface area (TPSA) is 189 Å². The average molecular weight is 849 g/mol. The zero-order chi connectivity index (χ0) is 43.3. The van der Waals surface area contributed by atoms with E-state index in [2.05, 4.69) is 5.32 Å². The van der Waals surface area contributed by atoms with Crippen molar-refractivity contribution in [3.8, 4) is 40.1 Å². The van der Waals surface area contributed by atoms with E-state index in [1.54, 1.807) is 35.9 Å². The summed E-state index contributed by atoms with van der Waals surface area (Å²) in [6.45, 7) is 1.85. The van der Waals surface area contributed by atoms with E-state index >= 15 is 0 Å². The van der Waals surface area contributed by atoms with E-state index < -0.39 is 29.4 Å². The number of pyridine rings is 2. The molecule has 15 nitrogen and oxygen atoms in total. The lowest BCUT2D eigenvalue weighted by molar-refractivity contribution is -0.172. The fourth-order valence-corrected chi connectivity index (χ4v) is 10.1. The van der Waals surface area contributed by atoms with Crippen molar-refractivity contribution in [3.63, 3.8) is 0 Å². The van der Waals surface area contributed by atoms with Crippen LogP contribution in [0, 0.1) is 11.8 Å². The van der Waals surface area contributed by atoms with Crippen LogP contribution < -0.4 is 29.8 Å². The number of aliphatic imine (C=N–C) groups is 1. The predicted octanol–water partition coefficient (Wildman–Crippen LogP) is 6.37.